The normalized spacial score (nSPS) is 19.8. The van der Waals surface area contributed by atoms with Gasteiger partial charge in [0.1, 0.15) is 5.92 Å². The molecule has 0 aliphatic heterocycles. The van der Waals surface area contributed by atoms with E-state index in [1.807, 2.05) is 0 Å². The minimum Gasteiger partial charge on any atom is -0.409 e. The number of oxime groups is 1. The van der Waals surface area contributed by atoms with Crippen LogP contribution in [0.15, 0.2) is 5.16 Å². The third-order valence-electron chi connectivity index (χ3n) is 2.73. The molecule has 1 unspecified atom stereocenters. The van der Waals surface area contributed by atoms with E-state index in [2.05, 4.69) is 5.16 Å². The third-order valence-corrected chi connectivity index (χ3v) is 2.73. The average Bonchev–Trinajstić information content (AvgIpc) is 3.03. The predicted molar refractivity (Wildman–Crippen MR) is 53.6 cm³/mol. The van der Waals surface area contributed by atoms with Crippen molar-refractivity contribution in [3.8, 4) is 0 Å². The lowest BCUT2D eigenvalue weighted by Crippen LogP contribution is -2.47. The average molecular weight is 293 g/mol. The summed E-state index contributed by atoms with van der Waals surface area (Å²) in [5.41, 5.74) is 4.91. The Morgan fingerprint density at radius 1 is 1.26 bits per heavy atom. The van der Waals surface area contributed by atoms with Crippen LogP contribution in [-0.2, 0) is 0 Å². The molecule has 0 radical (unpaired) electrons. The highest BCUT2D eigenvalue weighted by atomic mass is 19.4. The molecule has 3 N–H and O–H groups in total. The van der Waals surface area contributed by atoms with Crippen molar-refractivity contribution in [3.05, 3.63) is 0 Å². The molecule has 0 aromatic carbocycles. The highest BCUT2D eigenvalue weighted by molar-refractivity contribution is 5.83. The van der Waals surface area contributed by atoms with Crippen molar-refractivity contribution in [1.82, 2.24) is 4.90 Å². The molecule has 1 saturated carbocycles. The Bertz CT molecular complexity index is 336. The molecule has 1 aliphatic carbocycles. The molecule has 1 atom stereocenters. The highest BCUT2D eigenvalue weighted by Gasteiger charge is 2.47. The van der Waals surface area contributed by atoms with Gasteiger partial charge in [-0.3, -0.25) is 4.90 Å². The number of halogens is 6. The van der Waals surface area contributed by atoms with Crippen LogP contribution in [0.4, 0.5) is 26.3 Å². The van der Waals surface area contributed by atoms with Gasteiger partial charge in [-0.1, -0.05) is 5.16 Å². The summed E-state index contributed by atoms with van der Waals surface area (Å²) in [6.07, 6.45) is -8.63. The minimum absolute atomic E-state index is 0.414. The second-order valence-corrected chi connectivity index (χ2v) is 4.39. The Labute approximate surface area is 104 Å². The molecule has 0 spiro atoms. The van der Waals surface area contributed by atoms with Gasteiger partial charge in [0, 0.05) is 12.6 Å². The van der Waals surface area contributed by atoms with Crippen LogP contribution in [0, 0.1) is 5.92 Å². The maximum Gasteiger partial charge on any atom is 0.401 e. The van der Waals surface area contributed by atoms with Gasteiger partial charge in [0.2, 0.25) is 0 Å². The van der Waals surface area contributed by atoms with Crippen LogP contribution in [0.3, 0.4) is 0 Å². The van der Waals surface area contributed by atoms with E-state index in [9.17, 15) is 26.3 Å². The highest BCUT2D eigenvalue weighted by Crippen LogP contribution is 2.34. The molecule has 112 valence electrons. The Morgan fingerprint density at radius 2 is 1.79 bits per heavy atom. The van der Waals surface area contributed by atoms with Crippen molar-refractivity contribution in [2.45, 2.75) is 31.2 Å². The summed E-state index contributed by atoms with van der Waals surface area (Å²) in [4.78, 5) is 0.677. The number of nitrogens with zero attached hydrogens (tertiary/aromatic N) is 2. The topological polar surface area (TPSA) is 61.9 Å². The number of alkyl halides is 6. The van der Waals surface area contributed by atoms with E-state index < -0.39 is 43.2 Å². The van der Waals surface area contributed by atoms with Crippen LogP contribution in [0.5, 0.6) is 0 Å². The SMILES string of the molecule is NC(=NO)C(CN(CC(F)(F)F)C1CC1)C(F)(F)F. The van der Waals surface area contributed by atoms with Gasteiger partial charge in [0.05, 0.1) is 6.54 Å². The first kappa shape index (κ1) is 15.9. The van der Waals surface area contributed by atoms with Crippen molar-refractivity contribution in [1.29, 1.82) is 0 Å². The lowest BCUT2D eigenvalue weighted by molar-refractivity contribution is -0.175. The summed E-state index contributed by atoms with van der Waals surface area (Å²) < 4.78 is 74.8. The molecule has 0 amide bonds. The number of amidine groups is 1. The summed E-state index contributed by atoms with van der Waals surface area (Å²) in [5, 5.41) is 10.5. The first-order chi connectivity index (χ1) is 8.54. The quantitative estimate of drug-likeness (QED) is 0.268. The fourth-order valence-corrected chi connectivity index (χ4v) is 1.68. The van der Waals surface area contributed by atoms with E-state index in [-0.39, 0.29) is 0 Å². The molecule has 4 nitrogen and oxygen atoms in total. The van der Waals surface area contributed by atoms with Crippen molar-refractivity contribution >= 4 is 5.84 Å². The lowest BCUT2D eigenvalue weighted by Gasteiger charge is -2.28. The van der Waals surface area contributed by atoms with Crippen LogP contribution in [-0.4, -0.2) is 47.4 Å². The van der Waals surface area contributed by atoms with E-state index in [0.717, 1.165) is 0 Å². The summed E-state index contributed by atoms with van der Waals surface area (Å²) in [6.45, 7) is -2.41. The van der Waals surface area contributed by atoms with Crippen LogP contribution in [0.2, 0.25) is 0 Å². The standard InChI is InChI=1S/C9H13F6N3O/c10-8(11,12)4-18(5-1-2-5)3-6(7(16)17-19)9(13,14)15/h5-6,19H,1-4H2,(H2,16,17). The fraction of sp³-hybridized carbons (Fsp3) is 0.889. The van der Waals surface area contributed by atoms with E-state index in [1.54, 1.807) is 0 Å². The van der Waals surface area contributed by atoms with Gasteiger partial charge in [0.25, 0.3) is 0 Å². The molecule has 1 rings (SSSR count). The summed E-state index contributed by atoms with van der Waals surface area (Å²) in [6, 6.07) is -0.530. The van der Waals surface area contributed by atoms with Crippen molar-refractivity contribution in [2.24, 2.45) is 16.8 Å². The van der Waals surface area contributed by atoms with E-state index in [0.29, 0.717) is 17.7 Å². The zero-order chi connectivity index (χ0) is 14.8. The van der Waals surface area contributed by atoms with Crippen LogP contribution in [0.25, 0.3) is 0 Å². The third kappa shape index (κ3) is 5.13. The lowest BCUT2D eigenvalue weighted by atomic mass is 10.1. The van der Waals surface area contributed by atoms with Gasteiger partial charge in [-0.05, 0) is 12.8 Å². The number of rotatable bonds is 5. The molecule has 1 aliphatic rings. The summed E-state index contributed by atoms with van der Waals surface area (Å²) in [7, 11) is 0. The predicted octanol–water partition coefficient (Wildman–Crippen LogP) is 1.94. The number of hydrogen-bond donors (Lipinski definition) is 2. The molecule has 19 heavy (non-hydrogen) atoms. The van der Waals surface area contributed by atoms with Gasteiger partial charge >= 0.3 is 12.4 Å². The maximum absolute atomic E-state index is 12.7. The Hall–Kier alpha value is -1.19. The molecule has 0 saturated heterocycles. The zero-order valence-electron chi connectivity index (χ0n) is 9.67. The molecule has 0 bridgehead atoms. The molecule has 1 fully saturated rings. The van der Waals surface area contributed by atoms with Gasteiger partial charge < -0.3 is 10.9 Å². The van der Waals surface area contributed by atoms with E-state index in [4.69, 9.17) is 10.9 Å². The fourth-order valence-electron chi connectivity index (χ4n) is 1.68. The van der Waals surface area contributed by atoms with E-state index >= 15 is 0 Å². The Morgan fingerprint density at radius 3 is 2.11 bits per heavy atom. The van der Waals surface area contributed by atoms with Gasteiger partial charge in [0.15, 0.2) is 5.84 Å². The summed E-state index contributed by atoms with van der Waals surface area (Å²) >= 11 is 0. The molecule has 10 heteroatoms. The smallest absolute Gasteiger partial charge is 0.401 e. The zero-order valence-corrected chi connectivity index (χ0v) is 9.67. The van der Waals surface area contributed by atoms with Crippen molar-refractivity contribution in [3.63, 3.8) is 0 Å². The molecule has 0 aromatic heterocycles. The Balaban J connectivity index is 2.80. The summed E-state index contributed by atoms with van der Waals surface area (Å²) in [5.74, 6) is -3.55. The molecule has 0 heterocycles. The Kier molecular flexibility index (Phi) is 4.54. The van der Waals surface area contributed by atoms with Crippen LogP contribution < -0.4 is 5.73 Å². The van der Waals surface area contributed by atoms with Crippen molar-refractivity contribution in [2.75, 3.05) is 13.1 Å². The first-order valence-electron chi connectivity index (χ1n) is 5.39. The maximum atomic E-state index is 12.7. The second kappa shape index (κ2) is 5.43. The van der Waals surface area contributed by atoms with Crippen molar-refractivity contribution < 1.29 is 31.5 Å². The largest absolute Gasteiger partial charge is 0.409 e. The van der Waals surface area contributed by atoms with Crippen LogP contribution >= 0.6 is 0 Å². The van der Waals surface area contributed by atoms with Gasteiger partial charge in [-0.25, -0.2) is 0 Å². The minimum atomic E-state index is -4.87. The van der Waals surface area contributed by atoms with Crippen LogP contribution in [0.1, 0.15) is 12.8 Å². The van der Waals surface area contributed by atoms with Gasteiger partial charge in [-0.15, -0.1) is 0 Å². The molecular formula is C9H13F6N3O. The number of hydrogen-bond acceptors (Lipinski definition) is 3. The molecule has 0 aromatic rings. The monoisotopic (exact) mass is 293 g/mol. The second-order valence-electron chi connectivity index (χ2n) is 4.39. The van der Waals surface area contributed by atoms with E-state index in [1.165, 1.54) is 0 Å². The number of nitrogens with two attached hydrogens (primary N) is 1. The van der Waals surface area contributed by atoms with Gasteiger partial charge in [-0.2, -0.15) is 26.3 Å². The molecular weight excluding hydrogens is 280 g/mol. The first-order valence-corrected chi connectivity index (χ1v) is 5.39.